The topological polar surface area (TPSA) is 64.7 Å². The number of halogens is 2. The molecule has 18 heavy (non-hydrogen) atoms. The van der Waals surface area contributed by atoms with E-state index in [1.165, 1.54) is 0 Å². The minimum atomic E-state index is -0.476. The molecule has 0 fully saturated rings. The molecule has 2 aromatic heterocycles. The number of hydrogen-bond acceptors (Lipinski definition) is 4. The molecule has 6 heteroatoms. The first kappa shape index (κ1) is 11.3. The molecular weight excluding hydrogens is 299 g/mol. The summed E-state index contributed by atoms with van der Waals surface area (Å²) >= 11 is 3.31. The highest BCUT2D eigenvalue weighted by Gasteiger charge is 2.20. The van der Waals surface area contributed by atoms with Crippen molar-refractivity contribution in [3.8, 4) is 0 Å². The van der Waals surface area contributed by atoms with Crippen molar-refractivity contribution in [2.45, 2.75) is 6.42 Å². The number of nitrogens with two attached hydrogens (primary N) is 1. The minimum absolute atomic E-state index is 0.0638. The molecule has 2 N–H and O–H groups in total. The summed E-state index contributed by atoms with van der Waals surface area (Å²) < 4.78 is 14.5. The van der Waals surface area contributed by atoms with Gasteiger partial charge in [0.25, 0.3) is 0 Å². The van der Waals surface area contributed by atoms with E-state index < -0.39 is 5.82 Å². The molecule has 0 saturated heterocycles. The first-order chi connectivity index (χ1) is 8.65. The van der Waals surface area contributed by atoms with Gasteiger partial charge in [0.05, 0.1) is 6.20 Å². The zero-order valence-corrected chi connectivity index (χ0v) is 10.8. The highest BCUT2D eigenvalue weighted by molar-refractivity contribution is 9.10. The molecule has 4 nitrogen and oxygen atoms in total. The fraction of sp³-hybridized carbons (Fsp3) is 0.0833. The normalized spacial score (nSPS) is 13.3. The molecule has 0 aliphatic heterocycles. The number of aromatic nitrogens is 3. The number of fused-ring (bicyclic) bond motifs is 1. The van der Waals surface area contributed by atoms with Gasteiger partial charge in [0, 0.05) is 11.8 Å². The molecule has 0 saturated carbocycles. The number of allylic oxidation sites excluding steroid dienone is 1. The highest BCUT2D eigenvalue weighted by Crippen LogP contribution is 2.33. The molecule has 2 aromatic rings. The Balaban J connectivity index is 2.16. The lowest BCUT2D eigenvalue weighted by atomic mass is 10.1. The summed E-state index contributed by atoms with van der Waals surface area (Å²) in [6, 6.07) is 1.85. The minimum Gasteiger partial charge on any atom is -0.368 e. The molecular formula is C12H8BrFN4. The maximum atomic E-state index is 13.8. The van der Waals surface area contributed by atoms with E-state index in [1.54, 1.807) is 6.20 Å². The van der Waals surface area contributed by atoms with Crippen LogP contribution in [0.2, 0.25) is 0 Å². The van der Waals surface area contributed by atoms with E-state index in [0.29, 0.717) is 11.0 Å². The molecule has 3 rings (SSSR count). The van der Waals surface area contributed by atoms with Gasteiger partial charge in [0.15, 0.2) is 5.82 Å². The van der Waals surface area contributed by atoms with Crippen molar-refractivity contribution in [3.05, 3.63) is 51.8 Å². The fourth-order valence-electron chi connectivity index (χ4n) is 1.99. The van der Waals surface area contributed by atoms with Crippen molar-refractivity contribution < 1.29 is 4.39 Å². The third kappa shape index (κ3) is 1.78. The van der Waals surface area contributed by atoms with Crippen molar-refractivity contribution >= 4 is 27.5 Å². The predicted octanol–water partition coefficient (Wildman–Crippen LogP) is 2.34. The Kier molecular flexibility index (Phi) is 2.59. The molecule has 1 aliphatic carbocycles. The first-order valence-electron chi connectivity index (χ1n) is 5.28. The average molecular weight is 307 g/mol. The van der Waals surface area contributed by atoms with E-state index in [9.17, 15) is 4.39 Å². The van der Waals surface area contributed by atoms with Crippen LogP contribution in [0.5, 0.6) is 0 Å². The Morgan fingerprint density at radius 3 is 2.94 bits per heavy atom. The fourth-order valence-corrected chi connectivity index (χ4v) is 2.32. The summed E-state index contributed by atoms with van der Waals surface area (Å²) in [6.07, 6.45) is 5.50. The van der Waals surface area contributed by atoms with Gasteiger partial charge in [-0.25, -0.2) is 19.3 Å². The van der Waals surface area contributed by atoms with E-state index in [0.717, 1.165) is 22.9 Å². The van der Waals surface area contributed by atoms with Crippen molar-refractivity contribution in [1.82, 2.24) is 15.0 Å². The van der Waals surface area contributed by atoms with Crippen LogP contribution in [-0.4, -0.2) is 15.0 Å². The smallest absolute Gasteiger partial charge is 0.220 e. The van der Waals surface area contributed by atoms with Crippen LogP contribution in [0.15, 0.2) is 29.1 Å². The Bertz CT molecular complexity index is 669. The van der Waals surface area contributed by atoms with Gasteiger partial charge in [0.1, 0.15) is 10.3 Å². The lowest BCUT2D eigenvalue weighted by Crippen LogP contribution is -2.02. The summed E-state index contributed by atoms with van der Waals surface area (Å²) in [5.74, 6) is -0.412. The SMILES string of the molecule is Nc1ncc(F)c(C2=CCc3cnc(Br)cc32)n1. The number of anilines is 1. The zero-order valence-electron chi connectivity index (χ0n) is 9.19. The third-order valence-corrected chi connectivity index (χ3v) is 3.22. The molecule has 0 radical (unpaired) electrons. The number of pyridine rings is 1. The lowest BCUT2D eigenvalue weighted by Gasteiger charge is -2.07. The summed E-state index contributed by atoms with van der Waals surface area (Å²) in [4.78, 5) is 11.7. The first-order valence-corrected chi connectivity index (χ1v) is 6.08. The average Bonchev–Trinajstić information content (AvgIpc) is 2.75. The van der Waals surface area contributed by atoms with Crippen molar-refractivity contribution in [1.29, 1.82) is 0 Å². The molecule has 90 valence electrons. The second-order valence-electron chi connectivity index (χ2n) is 3.91. The number of rotatable bonds is 1. The molecule has 1 aliphatic rings. The second-order valence-corrected chi connectivity index (χ2v) is 4.72. The summed E-state index contributed by atoms with van der Waals surface area (Å²) in [6.45, 7) is 0. The van der Waals surface area contributed by atoms with Crippen LogP contribution < -0.4 is 5.73 Å². The predicted molar refractivity (Wildman–Crippen MR) is 69.1 cm³/mol. The van der Waals surface area contributed by atoms with Gasteiger partial charge in [-0.2, -0.15) is 0 Å². The quantitative estimate of drug-likeness (QED) is 0.821. The summed E-state index contributed by atoms with van der Waals surface area (Å²) in [5.41, 5.74) is 8.45. The number of hydrogen-bond donors (Lipinski definition) is 1. The largest absolute Gasteiger partial charge is 0.368 e. The molecule has 0 spiro atoms. The van der Waals surface area contributed by atoms with E-state index in [4.69, 9.17) is 5.73 Å². The van der Waals surface area contributed by atoms with Gasteiger partial charge < -0.3 is 5.73 Å². The molecule has 0 amide bonds. The second kappa shape index (κ2) is 4.13. The van der Waals surface area contributed by atoms with E-state index >= 15 is 0 Å². The standard InChI is InChI=1S/C12H8BrFN4/c13-10-3-8-6(4-16-10)1-2-7(8)11-9(14)5-17-12(15)18-11/h2-5H,1H2,(H2,15,17,18). The maximum Gasteiger partial charge on any atom is 0.220 e. The Hall–Kier alpha value is -1.82. The van der Waals surface area contributed by atoms with E-state index in [-0.39, 0.29) is 11.6 Å². The van der Waals surface area contributed by atoms with Gasteiger partial charge in [-0.05, 0) is 39.5 Å². The molecule has 0 atom stereocenters. The van der Waals surface area contributed by atoms with Crippen molar-refractivity contribution in [2.24, 2.45) is 0 Å². The van der Waals surface area contributed by atoms with Crippen LogP contribution in [0.1, 0.15) is 16.8 Å². The van der Waals surface area contributed by atoms with Crippen LogP contribution in [0.4, 0.5) is 10.3 Å². The van der Waals surface area contributed by atoms with Gasteiger partial charge in [-0.3, -0.25) is 0 Å². The van der Waals surface area contributed by atoms with Gasteiger partial charge in [-0.1, -0.05) is 6.08 Å². The summed E-state index contributed by atoms with van der Waals surface area (Å²) in [7, 11) is 0. The Labute approximate surface area is 111 Å². The van der Waals surface area contributed by atoms with Gasteiger partial charge in [0.2, 0.25) is 5.95 Å². The maximum absolute atomic E-state index is 13.8. The zero-order chi connectivity index (χ0) is 12.7. The van der Waals surface area contributed by atoms with Crippen molar-refractivity contribution in [3.63, 3.8) is 0 Å². The van der Waals surface area contributed by atoms with Gasteiger partial charge >= 0.3 is 0 Å². The highest BCUT2D eigenvalue weighted by atomic mass is 79.9. The summed E-state index contributed by atoms with van der Waals surface area (Å²) in [5, 5.41) is 0. The Morgan fingerprint density at radius 1 is 1.28 bits per heavy atom. The lowest BCUT2D eigenvalue weighted by molar-refractivity contribution is 0.610. The van der Waals surface area contributed by atoms with Gasteiger partial charge in [-0.15, -0.1) is 0 Å². The molecule has 0 bridgehead atoms. The molecule has 2 heterocycles. The number of nitrogen functional groups attached to an aromatic ring is 1. The third-order valence-electron chi connectivity index (χ3n) is 2.79. The van der Waals surface area contributed by atoms with Crippen LogP contribution in [0, 0.1) is 5.82 Å². The van der Waals surface area contributed by atoms with E-state index in [1.807, 2.05) is 12.1 Å². The monoisotopic (exact) mass is 306 g/mol. The van der Waals surface area contributed by atoms with E-state index in [2.05, 4.69) is 30.9 Å². The molecule has 0 aromatic carbocycles. The number of nitrogens with zero attached hydrogens (tertiary/aromatic N) is 3. The van der Waals surface area contributed by atoms with Crippen LogP contribution in [0.3, 0.4) is 0 Å². The van der Waals surface area contributed by atoms with Crippen LogP contribution >= 0.6 is 15.9 Å². The van der Waals surface area contributed by atoms with Crippen LogP contribution in [-0.2, 0) is 6.42 Å². The molecule has 0 unspecified atom stereocenters. The Morgan fingerprint density at radius 2 is 2.11 bits per heavy atom. The van der Waals surface area contributed by atoms with Crippen LogP contribution in [0.25, 0.3) is 5.57 Å². The van der Waals surface area contributed by atoms with Crippen molar-refractivity contribution in [2.75, 3.05) is 5.73 Å².